The second-order valence-electron chi connectivity index (χ2n) is 7.77. The molecule has 1 aromatic rings. The van der Waals surface area contributed by atoms with Crippen LogP contribution in [0.3, 0.4) is 0 Å². The van der Waals surface area contributed by atoms with Crippen LogP contribution in [0.4, 0.5) is 5.69 Å². The van der Waals surface area contributed by atoms with E-state index in [-0.39, 0.29) is 34.3 Å². The summed E-state index contributed by atoms with van der Waals surface area (Å²) in [4.78, 5) is 37.8. The van der Waals surface area contributed by atoms with Crippen molar-refractivity contribution in [3.8, 4) is 11.8 Å². The summed E-state index contributed by atoms with van der Waals surface area (Å²) < 4.78 is 0. The fraction of sp³-hybridized carbons (Fsp3) is 0.476. The van der Waals surface area contributed by atoms with E-state index in [0.717, 1.165) is 17.8 Å². The van der Waals surface area contributed by atoms with Gasteiger partial charge < -0.3 is 14.8 Å². The van der Waals surface area contributed by atoms with E-state index >= 15 is 0 Å². The number of carboxylic acids is 1. The molecule has 0 saturated carbocycles. The molecule has 0 aromatic carbocycles. The largest absolute Gasteiger partial charge is 0.477 e. The molecule has 5 nitrogen and oxygen atoms in total. The molecule has 0 bridgehead atoms. The third-order valence-corrected chi connectivity index (χ3v) is 5.30. The third kappa shape index (κ3) is 5.54. The molecule has 2 rings (SSSR count). The molecule has 0 radical (unpaired) electrons. The molecule has 1 aliphatic rings. The summed E-state index contributed by atoms with van der Waals surface area (Å²) in [7, 11) is 0. The highest BCUT2D eigenvalue weighted by Gasteiger charge is 2.30. The number of thiophene rings is 1. The van der Waals surface area contributed by atoms with Crippen LogP contribution in [0.2, 0.25) is 0 Å². The Kier molecular flexibility index (Phi) is 6.61. The zero-order valence-electron chi connectivity index (χ0n) is 16.2. The molecule has 27 heavy (non-hydrogen) atoms. The summed E-state index contributed by atoms with van der Waals surface area (Å²) in [6.45, 7) is 7.76. The summed E-state index contributed by atoms with van der Waals surface area (Å²) in [5, 5.41) is 9.58. The molecule has 1 atom stereocenters. The van der Waals surface area contributed by atoms with Gasteiger partial charge in [0.1, 0.15) is 11.2 Å². The molecule has 0 aliphatic heterocycles. The first kappa shape index (κ1) is 20.9. The number of aromatic carboxylic acids is 1. The van der Waals surface area contributed by atoms with Crippen molar-refractivity contribution in [3.05, 3.63) is 27.5 Å². The van der Waals surface area contributed by atoms with Crippen molar-refractivity contribution >= 4 is 35.2 Å². The average Bonchev–Trinajstić information content (AvgIpc) is 3.02. The van der Waals surface area contributed by atoms with Gasteiger partial charge in [-0.25, -0.2) is 4.79 Å². The van der Waals surface area contributed by atoms with Gasteiger partial charge in [0, 0.05) is 11.3 Å². The number of amides is 1. The van der Waals surface area contributed by atoms with Crippen LogP contribution in [-0.2, 0) is 9.59 Å². The molecule has 1 unspecified atom stereocenters. The van der Waals surface area contributed by atoms with E-state index in [9.17, 15) is 19.5 Å². The predicted molar refractivity (Wildman–Crippen MR) is 107 cm³/mol. The van der Waals surface area contributed by atoms with Crippen LogP contribution in [0, 0.1) is 23.2 Å². The number of carbonyl (C=O) groups is 3. The Balaban J connectivity index is 2.41. The van der Waals surface area contributed by atoms with Gasteiger partial charge >= 0.3 is 5.97 Å². The Bertz CT molecular complexity index is 833. The van der Waals surface area contributed by atoms with E-state index < -0.39 is 5.97 Å². The minimum Gasteiger partial charge on any atom is -0.477 e. The quantitative estimate of drug-likeness (QED) is 0.468. The number of anilines is 1. The highest BCUT2D eigenvalue weighted by atomic mass is 32.1. The third-order valence-electron chi connectivity index (χ3n) is 4.27. The summed E-state index contributed by atoms with van der Waals surface area (Å²) >= 11 is 1.03. The number of hydrogen-bond acceptors (Lipinski definition) is 4. The molecule has 0 fully saturated rings. The number of rotatable bonds is 5. The van der Waals surface area contributed by atoms with Gasteiger partial charge in [-0.15, -0.1) is 11.3 Å². The average molecular weight is 388 g/mol. The second-order valence-corrected chi connectivity index (χ2v) is 8.82. The standard InChI is InChI=1S/C21H25NO4S/c1-14-5-7-15(8-6-14)19(24)22(11-12-23)17-13-16(9-10-21(2,3)4)27-18(17)20(25)26/h5,12-13,15H,6-8,11H2,1-4H3,(H,25,26). The van der Waals surface area contributed by atoms with Gasteiger partial charge in [-0.1, -0.05) is 23.5 Å². The fourth-order valence-corrected chi connectivity index (χ4v) is 3.69. The number of carbonyl (C=O) groups excluding carboxylic acids is 2. The SMILES string of the molecule is CC1=CCC(C(=O)N(CC=O)c2cc(C#CC(C)(C)C)sc2C(=O)O)CC1. The zero-order chi connectivity index (χ0) is 20.2. The lowest BCUT2D eigenvalue weighted by Gasteiger charge is -2.27. The Morgan fingerprint density at radius 2 is 2.11 bits per heavy atom. The van der Waals surface area contributed by atoms with Crippen LogP contribution >= 0.6 is 11.3 Å². The van der Waals surface area contributed by atoms with Crippen molar-refractivity contribution in [2.75, 3.05) is 11.4 Å². The summed E-state index contributed by atoms with van der Waals surface area (Å²) in [6.07, 6.45) is 4.83. The highest BCUT2D eigenvalue weighted by molar-refractivity contribution is 7.15. The monoisotopic (exact) mass is 387 g/mol. The summed E-state index contributed by atoms with van der Waals surface area (Å²) in [5.74, 6) is 4.50. The van der Waals surface area contributed by atoms with Gasteiger partial charge in [-0.05, 0) is 53.0 Å². The van der Waals surface area contributed by atoms with Crippen LogP contribution in [-0.4, -0.2) is 29.8 Å². The predicted octanol–water partition coefficient (Wildman–Crippen LogP) is 4.12. The molecule has 1 aromatic heterocycles. The molecule has 0 spiro atoms. The topological polar surface area (TPSA) is 74.7 Å². The molecule has 0 saturated heterocycles. The molecule has 144 valence electrons. The number of hydrogen-bond donors (Lipinski definition) is 1. The van der Waals surface area contributed by atoms with E-state index in [2.05, 4.69) is 11.8 Å². The van der Waals surface area contributed by atoms with Gasteiger partial charge in [0.05, 0.1) is 17.1 Å². The summed E-state index contributed by atoms with van der Waals surface area (Å²) in [6, 6.07) is 1.61. The van der Waals surface area contributed by atoms with E-state index in [0.29, 0.717) is 24.0 Å². The minimum absolute atomic E-state index is 0.0333. The maximum Gasteiger partial charge on any atom is 0.348 e. The smallest absolute Gasteiger partial charge is 0.348 e. The van der Waals surface area contributed by atoms with Crippen LogP contribution in [0.1, 0.15) is 61.5 Å². The Morgan fingerprint density at radius 1 is 1.41 bits per heavy atom. The van der Waals surface area contributed by atoms with Crippen molar-refractivity contribution in [1.29, 1.82) is 0 Å². The van der Waals surface area contributed by atoms with Gasteiger partial charge in [0.2, 0.25) is 5.91 Å². The first-order valence-corrected chi connectivity index (χ1v) is 9.75. The van der Waals surface area contributed by atoms with Crippen LogP contribution in [0.25, 0.3) is 0 Å². The molecule has 1 N–H and O–H groups in total. The van der Waals surface area contributed by atoms with Crippen LogP contribution < -0.4 is 4.90 Å². The van der Waals surface area contributed by atoms with Gasteiger partial charge in [-0.2, -0.15) is 0 Å². The number of carboxylic acid groups (broad SMARTS) is 1. The van der Waals surface area contributed by atoms with Crippen molar-refractivity contribution in [2.24, 2.45) is 11.3 Å². The molecule has 1 heterocycles. The van der Waals surface area contributed by atoms with E-state index in [4.69, 9.17) is 0 Å². The second kappa shape index (κ2) is 8.53. The number of aldehydes is 1. The molecule has 1 amide bonds. The highest BCUT2D eigenvalue weighted by Crippen LogP contribution is 2.33. The van der Waals surface area contributed by atoms with Crippen molar-refractivity contribution < 1.29 is 19.5 Å². The summed E-state index contributed by atoms with van der Waals surface area (Å²) in [5.41, 5.74) is 1.29. The lowest BCUT2D eigenvalue weighted by molar-refractivity contribution is -0.123. The number of nitrogens with zero attached hydrogens (tertiary/aromatic N) is 1. The van der Waals surface area contributed by atoms with Crippen LogP contribution in [0.15, 0.2) is 17.7 Å². The van der Waals surface area contributed by atoms with E-state index in [1.54, 1.807) is 6.07 Å². The fourth-order valence-electron chi connectivity index (χ4n) is 2.84. The lowest BCUT2D eigenvalue weighted by atomic mass is 9.89. The van der Waals surface area contributed by atoms with Crippen molar-refractivity contribution in [3.63, 3.8) is 0 Å². The first-order chi connectivity index (χ1) is 12.6. The molecule has 6 heteroatoms. The minimum atomic E-state index is -1.12. The number of allylic oxidation sites excluding steroid dienone is 2. The Morgan fingerprint density at radius 3 is 2.63 bits per heavy atom. The van der Waals surface area contributed by atoms with Crippen molar-refractivity contribution in [2.45, 2.75) is 47.0 Å². The Labute approximate surface area is 164 Å². The zero-order valence-corrected chi connectivity index (χ0v) is 17.0. The molecular weight excluding hydrogens is 362 g/mol. The molecular formula is C21H25NO4S. The first-order valence-electron chi connectivity index (χ1n) is 8.93. The maximum atomic E-state index is 13.0. The van der Waals surface area contributed by atoms with E-state index in [1.165, 1.54) is 10.5 Å². The van der Waals surface area contributed by atoms with Crippen LogP contribution in [0.5, 0.6) is 0 Å². The van der Waals surface area contributed by atoms with E-state index in [1.807, 2.05) is 33.8 Å². The normalized spacial score (nSPS) is 16.7. The van der Waals surface area contributed by atoms with Crippen molar-refractivity contribution in [1.82, 2.24) is 0 Å². The molecule has 1 aliphatic carbocycles. The van der Waals surface area contributed by atoms with Gasteiger partial charge in [0.25, 0.3) is 0 Å². The van der Waals surface area contributed by atoms with Gasteiger partial charge in [0.15, 0.2) is 0 Å². The lowest BCUT2D eigenvalue weighted by Crippen LogP contribution is -2.38. The Hall–Kier alpha value is -2.39. The van der Waals surface area contributed by atoms with Gasteiger partial charge in [-0.3, -0.25) is 4.79 Å². The maximum absolute atomic E-state index is 13.0.